The molecule has 2 aromatic heterocycles. The van der Waals surface area contributed by atoms with Crippen molar-refractivity contribution in [2.45, 2.75) is 26.5 Å². The molecule has 7 nitrogen and oxygen atoms in total. The number of hydrogen-bond donors (Lipinski definition) is 1. The molecular formula is C16H17N5O2. The summed E-state index contributed by atoms with van der Waals surface area (Å²) in [4.78, 5) is 12.4. The Balaban J connectivity index is 1.75. The molecule has 1 atom stereocenters. The molecule has 0 aliphatic rings. The van der Waals surface area contributed by atoms with Gasteiger partial charge in [-0.1, -0.05) is 35.5 Å². The predicted molar refractivity (Wildman–Crippen MR) is 82.9 cm³/mol. The van der Waals surface area contributed by atoms with Crippen molar-refractivity contribution in [3.8, 4) is 0 Å². The summed E-state index contributed by atoms with van der Waals surface area (Å²) < 4.78 is 2.76. The second-order valence-corrected chi connectivity index (χ2v) is 5.40. The monoisotopic (exact) mass is 311 g/mol. The Kier molecular flexibility index (Phi) is 4.03. The van der Waals surface area contributed by atoms with Crippen molar-refractivity contribution < 1.29 is 9.90 Å². The van der Waals surface area contributed by atoms with Gasteiger partial charge in [0.05, 0.1) is 24.5 Å². The summed E-state index contributed by atoms with van der Waals surface area (Å²) >= 11 is 0. The number of aryl methyl sites for hydroxylation is 2. The lowest BCUT2D eigenvalue weighted by Crippen LogP contribution is -2.15. The fourth-order valence-electron chi connectivity index (χ4n) is 2.39. The minimum absolute atomic E-state index is 0.191. The van der Waals surface area contributed by atoms with Crippen LogP contribution in [0, 0.1) is 13.8 Å². The zero-order valence-electron chi connectivity index (χ0n) is 12.9. The SMILES string of the molecule is Cc1cc(C)n(C(=O)c2cn(CC(O)c3ccccc3)nn2)n1. The Morgan fingerprint density at radius 2 is 2.00 bits per heavy atom. The molecule has 3 rings (SSSR count). The highest BCUT2D eigenvalue weighted by molar-refractivity contribution is 5.93. The standard InChI is InChI=1S/C16H17N5O2/c1-11-8-12(2)21(18-11)16(23)14-9-20(19-17-14)10-15(22)13-6-4-3-5-7-13/h3-9,15,22H,10H2,1-2H3. The highest BCUT2D eigenvalue weighted by Gasteiger charge is 2.17. The average Bonchev–Trinajstić information content (AvgIpc) is 3.14. The van der Waals surface area contributed by atoms with Gasteiger partial charge in [-0.2, -0.15) is 9.78 Å². The van der Waals surface area contributed by atoms with Gasteiger partial charge in [0.15, 0.2) is 5.69 Å². The van der Waals surface area contributed by atoms with Crippen molar-refractivity contribution in [1.82, 2.24) is 24.8 Å². The number of aromatic nitrogens is 5. The number of rotatable bonds is 4. The van der Waals surface area contributed by atoms with Gasteiger partial charge in [0, 0.05) is 5.69 Å². The number of aliphatic hydroxyl groups excluding tert-OH is 1. The number of benzene rings is 1. The van der Waals surface area contributed by atoms with Gasteiger partial charge < -0.3 is 5.11 Å². The van der Waals surface area contributed by atoms with E-state index in [9.17, 15) is 9.90 Å². The van der Waals surface area contributed by atoms with Gasteiger partial charge >= 0.3 is 5.91 Å². The van der Waals surface area contributed by atoms with Crippen molar-refractivity contribution in [3.05, 3.63) is 65.2 Å². The number of nitrogens with zero attached hydrogens (tertiary/aromatic N) is 5. The van der Waals surface area contributed by atoms with Crippen LogP contribution in [-0.2, 0) is 6.54 Å². The van der Waals surface area contributed by atoms with Gasteiger partial charge in [-0.15, -0.1) is 5.10 Å². The number of aliphatic hydroxyl groups is 1. The Hall–Kier alpha value is -2.80. The molecule has 0 saturated carbocycles. The maximum Gasteiger partial charge on any atom is 0.300 e. The minimum atomic E-state index is -0.713. The quantitative estimate of drug-likeness (QED) is 0.789. The summed E-state index contributed by atoms with van der Waals surface area (Å²) in [5, 5.41) is 22.1. The molecule has 1 N–H and O–H groups in total. The van der Waals surface area contributed by atoms with Crippen LogP contribution in [0.3, 0.4) is 0 Å². The van der Waals surface area contributed by atoms with Crippen LogP contribution < -0.4 is 0 Å². The molecular weight excluding hydrogens is 294 g/mol. The summed E-state index contributed by atoms with van der Waals surface area (Å²) in [7, 11) is 0. The molecule has 0 amide bonds. The van der Waals surface area contributed by atoms with E-state index >= 15 is 0 Å². The predicted octanol–water partition coefficient (Wildman–Crippen LogP) is 1.51. The molecule has 2 heterocycles. The molecule has 1 unspecified atom stereocenters. The highest BCUT2D eigenvalue weighted by atomic mass is 16.3. The first-order chi connectivity index (χ1) is 11.0. The Bertz CT molecular complexity index is 822. The van der Waals surface area contributed by atoms with E-state index < -0.39 is 6.10 Å². The number of hydrogen-bond acceptors (Lipinski definition) is 5. The van der Waals surface area contributed by atoms with Crippen LogP contribution in [0.1, 0.15) is 33.5 Å². The summed E-state index contributed by atoms with van der Waals surface area (Å²) in [6.07, 6.45) is 0.805. The Morgan fingerprint density at radius 1 is 1.26 bits per heavy atom. The lowest BCUT2D eigenvalue weighted by Gasteiger charge is -2.09. The van der Waals surface area contributed by atoms with E-state index in [1.165, 1.54) is 15.6 Å². The third-order valence-electron chi connectivity index (χ3n) is 3.50. The van der Waals surface area contributed by atoms with E-state index in [4.69, 9.17) is 0 Å². The van der Waals surface area contributed by atoms with E-state index in [1.807, 2.05) is 50.2 Å². The van der Waals surface area contributed by atoms with Crippen molar-refractivity contribution in [2.24, 2.45) is 0 Å². The fourth-order valence-corrected chi connectivity index (χ4v) is 2.39. The van der Waals surface area contributed by atoms with Crippen LogP contribution >= 0.6 is 0 Å². The molecule has 1 aromatic carbocycles. The van der Waals surface area contributed by atoms with Crippen molar-refractivity contribution in [3.63, 3.8) is 0 Å². The summed E-state index contributed by atoms with van der Waals surface area (Å²) in [5.74, 6) is -0.337. The van der Waals surface area contributed by atoms with E-state index in [0.717, 1.165) is 17.0 Å². The topological polar surface area (TPSA) is 85.8 Å². The summed E-state index contributed by atoms with van der Waals surface area (Å²) in [5.41, 5.74) is 2.49. The number of carbonyl (C=O) groups is 1. The van der Waals surface area contributed by atoms with Crippen LogP contribution in [0.2, 0.25) is 0 Å². The fraction of sp³-hybridized carbons (Fsp3) is 0.250. The molecule has 118 valence electrons. The van der Waals surface area contributed by atoms with Crippen molar-refractivity contribution in [2.75, 3.05) is 0 Å². The first kappa shape index (κ1) is 15.1. The minimum Gasteiger partial charge on any atom is -0.386 e. The van der Waals surface area contributed by atoms with Gasteiger partial charge in [-0.25, -0.2) is 4.68 Å². The molecule has 23 heavy (non-hydrogen) atoms. The molecule has 0 radical (unpaired) electrons. The molecule has 0 fully saturated rings. The Morgan fingerprint density at radius 3 is 2.65 bits per heavy atom. The second kappa shape index (κ2) is 6.13. The smallest absolute Gasteiger partial charge is 0.300 e. The van der Waals surface area contributed by atoms with E-state index in [0.29, 0.717) is 0 Å². The van der Waals surface area contributed by atoms with Crippen LogP contribution in [0.25, 0.3) is 0 Å². The first-order valence-corrected chi connectivity index (χ1v) is 7.25. The van der Waals surface area contributed by atoms with E-state index in [-0.39, 0.29) is 18.1 Å². The van der Waals surface area contributed by atoms with Crippen LogP contribution in [0.4, 0.5) is 0 Å². The third kappa shape index (κ3) is 3.19. The highest BCUT2D eigenvalue weighted by Crippen LogP contribution is 2.14. The molecule has 0 aliphatic heterocycles. The second-order valence-electron chi connectivity index (χ2n) is 5.40. The van der Waals surface area contributed by atoms with Crippen molar-refractivity contribution >= 4 is 5.91 Å². The van der Waals surface area contributed by atoms with E-state index in [1.54, 1.807) is 0 Å². The van der Waals surface area contributed by atoms with Gasteiger partial charge in [-0.3, -0.25) is 4.79 Å². The van der Waals surface area contributed by atoms with Crippen molar-refractivity contribution in [1.29, 1.82) is 0 Å². The first-order valence-electron chi connectivity index (χ1n) is 7.25. The lowest BCUT2D eigenvalue weighted by molar-refractivity contribution is 0.0937. The molecule has 3 aromatic rings. The zero-order chi connectivity index (χ0) is 16.4. The maximum absolute atomic E-state index is 12.4. The summed E-state index contributed by atoms with van der Waals surface area (Å²) in [6, 6.07) is 11.1. The normalized spacial score (nSPS) is 12.3. The lowest BCUT2D eigenvalue weighted by atomic mass is 10.1. The molecule has 0 aliphatic carbocycles. The van der Waals surface area contributed by atoms with Crippen LogP contribution in [-0.4, -0.2) is 35.8 Å². The number of carbonyl (C=O) groups excluding carboxylic acids is 1. The van der Waals surface area contributed by atoms with E-state index in [2.05, 4.69) is 15.4 Å². The zero-order valence-corrected chi connectivity index (χ0v) is 12.9. The van der Waals surface area contributed by atoms with Crippen LogP contribution in [0.15, 0.2) is 42.6 Å². The maximum atomic E-state index is 12.4. The molecule has 7 heteroatoms. The Labute approximate surface area is 133 Å². The average molecular weight is 311 g/mol. The van der Waals surface area contributed by atoms with Gasteiger partial charge in [0.2, 0.25) is 0 Å². The van der Waals surface area contributed by atoms with Gasteiger partial charge in [0.25, 0.3) is 0 Å². The molecule has 0 saturated heterocycles. The van der Waals surface area contributed by atoms with Gasteiger partial charge in [-0.05, 0) is 25.5 Å². The summed E-state index contributed by atoms with van der Waals surface area (Å²) in [6.45, 7) is 3.85. The van der Waals surface area contributed by atoms with Crippen LogP contribution in [0.5, 0.6) is 0 Å². The van der Waals surface area contributed by atoms with Gasteiger partial charge in [0.1, 0.15) is 0 Å². The molecule has 0 bridgehead atoms. The third-order valence-corrected chi connectivity index (χ3v) is 3.50. The largest absolute Gasteiger partial charge is 0.386 e. The molecule has 0 spiro atoms.